The lowest BCUT2D eigenvalue weighted by atomic mass is 10.2. The van der Waals surface area contributed by atoms with Crippen molar-refractivity contribution >= 4 is 40.3 Å². The largest absolute Gasteiger partial charge is 0.444 e. The Balaban J connectivity index is 2.05. The summed E-state index contributed by atoms with van der Waals surface area (Å²) in [6.07, 6.45) is 1.05. The van der Waals surface area contributed by atoms with Gasteiger partial charge in [-0.3, -0.25) is 9.69 Å². The molecule has 1 heterocycles. The van der Waals surface area contributed by atoms with Crippen LogP contribution in [0.4, 0.5) is 10.5 Å². The number of halogens is 1. The van der Waals surface area contributed by atoms with Crippen molar-refractivity contribution in [2.24, 2.45) is 0 Å². The van der Waals surface area contributed by atoms with Gasteiger partial charge >= 0.3 is 6.09 Å². The third-order valence-electron chi connectivity index (χ3n) is 3.32. The van der Waals surface area contributed by atoms with E-state index in [9.17, 15) is 9.59 Å². The molecule has 0 radical (unpaired) electrons. The molecule has 6 heteroatoms. The molecule has 0 spiro atoms. The van der Waals surface area contributed by atoms with Crippen molar-refractivity contribution in [2.45, 2.75) is 45.3 Å². The highest BCUT2D eigenvalue weighted by atomic mass is 127. The molecular formula is C16H21IN2O3. The number of carbonyl (C=O) groups excluding carboxylic acids is 2. The molecular weight excluding hydrogens is 395 g/mol. The number of hydrogen-bond acceptors (Lipinski definition) is 3. The first-order valence-corrected chi connectivity index (χ1v) is 8.41. The summed E-state index contributed by atoms with van der Waals surface area (Å²) in [5, 5.41) is 2.90. The third kappa shape index (κ3) is 4.34. The number of hydrogen-bond donors (Lipinski definition) is 1. The summed E-state index contributed by atoms with van der Waals surface area (Å²) >= 11 is 2.17. The quantitative estimate of drug-likeness (QED) is 0.750. The molecule has 1 aliphatic heterocycles. The van der Waals surface area contributed by atoms with E-state index in [1.54, 1.807) is 0 Å². The zero-order chi connectivity index (χ0) is 16.3. The van der Waals surface area contributed by atoms with Crippen LogP contribution in [0.3, 0.4) is 0 Å². The second kappa shape index (κ2) is 6.85. The molecule has 0 aliphatic carbocycles. The number of nitrogens with one attached hydrogen (secondary N) is 1. The van der Waals surface area contributed by atoms with Crippen LogP contribution in [0.1, 0.15) is 33.6 Å². The molecule has 1 saturated heterocycles. The van der Waals surface area contributed by atoms with Gasteiger partial charge in [0.1, 0.15) is 11.6 Å². The van der Waals surface area contributed by atoms with Gasteiger partial charge in [-0.25, -0.2) is 4.79 Å². The van der Waals surface area contributed by atoms with Crippen molar-refractivity contribution in [3.63, 3.8) is 0 Å². The van der Waals surface area contributed by atoms with Crippen LogP contribution in [0, 0.1) is 3.57 Å². The lowest BCUT2D eigenvalue weighted by Crippen LogP contribution is -2.45. The van der Waals surface area contributed by atoms with Crippen molar-refractivity contribution in [2.75, 3.05) is 11.9 Å². The van der Waals surface area contributed by atoms with E-state index in [0.29, 0.717) is 13.0 Å². The molecule has 22 heavy (non-hydrogen) atoms. The maximum Gasteiger partial charge on any atom is 0.410 e. The first-order chi connectivity index (χ1) is 10.3. The van der Waals surface area contributed by atoms with Gasteiger partial charge in [-0.05, 0) is 68.3 Å². The van der Waals surface area contributed by atoms with Crippen molar-refractivity contribution in [3.8, 4) is 0 Å². The lowest BCUT2D eigenvalue weighted by Gasteiger charge is -2.28. The molecule has 1 aliphatic rings. The van der Waals surface area contributed by atoms with E-state index in [0.717, 1.165) is 15.7 Å². The number of benzene rings is 1. The van der Waals surface area contributed by atoms with Gasteiger partial charge in [0.2, 0.25) is 5.91 Å². The second-order valence-corrected chi connectivity index (χ2v) is 7.46. The summed E-state index contributed by atoms with van der Waals surface area (Å²) < 4.78 is 6.35. The summed E-state index contributed by atoms with van der Waals surface area (Å²) in [5.41, 5.74) is 0.208. The van der Waals surface area contributed by atoms with Crippen LogP contribution in [0.15, 0.2) is 24.3 Å². The fourth-order valence-electron chi connectivity index (χ4n) is 2.36. The molecule has 0 unspecified atom stereocenters. The minimum atomic E-state index is -0.560. The van der Waals surface area contributed by atoms with Crippen molar-refractivity contribution in [1.82, 2.24) is 4.90 Å². The topological polar surface area (TPSA) is 58.6 Å². The van der Waals surface area contributed by atoms with Gasteiger partial charge < -0.3 is 10.1 Å². The predicted octanol–water partition coefficient (Wildman–Crippen LogP) is 3.63. The minimum absolute atomic E-state index is 0.160. The summed E-state index contributed by atoms with van der Waals surface area (Å²) in [6, 6.07) is 7.10. The molecule has 120 valence electrons. The standard InChI is InChI=1S/C16H21IN2O3/c1-16(2,3)22-15(21)19-10-6-9-13(19)14(20)18-12-8-5-4-7-11(12)17/h4-5,7-8,13H,6,9-10H2,1-3H3,(H,18,20)/t13-/m0/s1. The van der Waals surface area contributed by atoms with Crippen LogP contribution >= 0.6 is 22.6 Å². The molecule has 1 N–H and O–H groups in total. The average Bonchev–Trinajstić information content (AvgIpc) is 2.89. The SMILES string of the molecule is CC(C)(C)OC(=O)N1CCC[C@H]1C(=O)Nc1ccccc1I. The van der Waals surface area contributed by atoms with Crippen LogP contribution in [0.25, 0.3) is 0 Å². The summed E-state index contributed by atoms with van der Waals surface area (Å²) in [4.78, 5) is 26.2. The molecule has 0 saturated carbocycles. The second-order valence-electron chi connectivity index (χ2n) is 6.30. The number of rotatable bonds is 2. The third-order valence-corrected chi connectivity index (χ3v) is 4.26. The molecule has 2 amide bonds. The first kappa shape index (κ1) is 17.1. The van der Waals surface area contributed by atoms with Gasteiger partial charge in [0.05, 0.1) is 5.69 Å². The van der Waals surface area contributed by atoms with Gasteiger partial charge in [-0.2, -0.15) is 0 Å². The van der Waals surface area contributed by atoms with Gasteiger partial charge in [-0.1, -0.05) is 12.1 Å². The highest BCUT2D eigenvalue weighted by molar-refractivity contribution is 14.1. The Morgan fingerprint density at radius 2 is 2.00 bits per heavy atom. The minimum Gasteiger partial charge on any atom is -0.444 e. The zero-order valence-electron chi connectivity index (χ0n) is 13.1. The lowest BCUT2D eigenvalue weighted by molar-refractivity contribution is -0.120. The van der Waals surface area contributed by atoms with Crippen LogP contribution in [0.5, 0.6) is 0 Å². The molecule has 2 rings (SSSR count). The van der Waals surface area contributed by atoms with Crippen molar-refractivity contribution < 1.29 is 14.3 Å². The van der Waals surface area contributed by atoms with E-state index in [1.807, 2.05) is 45.0 Å². The smallest absolute Gasteiger partial charge is 0.410 e. The molecule has 1 fully saturated rings. The van der Waals surface area contributed by atoms with E-state index >= 15 is 0 Å². The Morgan fingerprint density at radius 1 is 1.32 bits per heavy atom. The average molecular weight is 416 g/mol. The van der Waals surface area contributed by atoms with Gasteiger partial charge in [0, 0.05) is 10.1 Å². The van der Waals surface area contributed by atoms with E-state index in [4.69, 9.17) is 4.74 Å². The van der Waals surface area contributed by atoms with Crippen LogP contribution < -0.4 is 5.32 Å². The highest BCUT2D eigenvalue weighted by Crippen LogP contribution is 2.23. The molecule has 1 aromatic rings. The van der Waals surface area contributed by atoms with E-state index in [-0.39, 0.29) is 5.91 Å². The fraction of sp³-hybridized carbons (Fsp3) is 0.500. The summed E-state index contributed by atoms with van der Waals surface area (Å²) in [6.45, 7) is 6.02. The predicted molar refractivity (Wildman–Crippen MR) is 93.8 cm³/mol. The van der Waals surface area contributed by atoms with Crippen molar-refractivity contribution in [3.05, 3.63) is 27.8 Å². The van der Waals surface area contributed by atoms with E-state index in [2.05, 4.69) is 27.9 Å². The van der Waals surface area contributed by atoms with E-state index in [1.165, 1.54) is 4.90 Å². The van der Waals surface area contributed by atoms with Gasteiger partial charge in [-0.15, -0.1) is 0 Å². The number of amides is 2. The van der Waals surface area contributed by atoms with Crippen LogP contribution in [-0.4, -0.2) is 35.1 Å². The van der Waals surface area contributed by atoms with E-state index < -0.39 is 17.7 Å². The number of likely N-dealkylation sites (tertiary alicyclic amines) is 1. The Kier molecular flexibility index (Phi) is 5.31. The Morgan fingerprint density at radius 3 is 2.64 bits per heavy atom. The molecule has 0 bridgehead atoms. The maximum atomic E-state index is 12.5. The molecule has 1 atom stereocenters. The van der Waals surface area contributed by atoms with Crippen LogP contribution in [-0.2, 0) is 9.53 Å². The Labute approximate surface area is 144 Å². The number of carbonyl (C=O) groups is 2. The first-order valence-electron chi connectivity index (χ1n) is 7.33. The highest BCUT2D eigenvalue weighted by Gasteiger charge is 2.36. The van der Waals surface area contributed by atoms with Gasteiger partial charge in [0.15, 0.2) is 0 Å². The number of anilines is 1. The zero-order valence-corrected chi connectivity index (χ0v) is 15.2. The molecule has 1 aromatic carbocycles. The van der Waals surface area contributed by atoms with Crippen LogP contribution in [0.2, 0.25) is 0 Å². The monoisotopic (exact) mass is 416 g/mol. The van der Waals surface area contributed by atoms with Gasteiger partial charge in [0.25, 0.3) is 0 Å². The normalized spacial score (nSPS) is 18.2. The Hall–Kier alpha value is -1.31. The number of ether oxygens (including phenoxy) is 1. The maximum absolute atomic E-state index is 12.5. The fourth-order valence-corrected chi connectivity index (χ4v) is 2.88. The number of para-hydroxylation sites is 1. The Bertz CT molecular complexity index is 569. The summed E-state index contributed by atoms with van der Waals surface area (Å²) in [7, 11) is 0. The van der Waals surface area contributed by atoms with Crippen molar-refractivity contribution in [1.29, 1.82) is 0 Å². The molecule has 0 aromatic heterocycles. The molecule has 5 nitrogen and oxygen atoms in total. The number of nitrogens with zero attached hydrogens (tertiary/aromatic N) is 1. The summed E-state index contributed by atoms with van der Waals surface area (Å²) in [5.74, 6) is -0.160.